The lowest BCUT2D eigenvalue weighted by Gasteiger charge is -2.19. The Morgan fingerprint density at radius 2 is 1.67 bits per heavy atom. The number of anilines is 2. The summed E-state index contributed by atoms with van der Waals surface area (Å²) in [6, 6.07) is 19.2. The number of rotatable bonds is 6. The Bertz CT molecular complexity index is 1440. The number of thiophene rings is 1. The summed E-state index contributed by atoms with van der Waals surface area (Å²) >= 11 is 1.37. The van der Waals surface area contributed by atoms with Crippen LogP contribution in [-0.4, -0.2) is 28.5 Å². The van der Waals surface area contributed by atoms with Crippen molar-refractivity contribution in [2.75, 3.05) is 23.8 Å². The van der Waals surface area contributed by atoms with Gasteiger partial charge in [-0.2, -0.15) is 0 Å². The highest BCUT2D eigenvalue weighted by Crippen LogP contribution is 2.32. The number of fused-ring (bicyclic) bond motifs is 1. The molecule has 0 aliphatic rings. The van der Waals surface area contributed by atoms with Gasteiger partial charge in [-0.25, -0.2) is 8.42 Å². The average molecular weight is 481 g/mol. The van der Waals surface area contributed by atoms with Crippen LogP contribution < -0.4 is 14.4 Å². The van der Waals surface area contributed by atoms with Crippen LogP contribution >= 0.6 is 11.3 Å². The van der Waals surface area contributed by atoms with E-state index in [0.29, 0.717) is 16.3 Å². The summed E-state index contributed by atoms with van der Waals surface area (Å²) in [5.74, 6) is 0.392. The minimum Gasteiger partial charge on any atom is -0.497 e. The zero-order valence-corrected chi connectivity index (χ0v) is 20.4. The van der Waals surface area contributed by atoms with Crippen molar-refractivity contribution in [3.8, 4) is 5.75 Å². The van der Waals surface area contributed by atoms with Crippen LogP contribution in [0.15, 0.2) is 71.6 Å². The Balaban J connectivity index is 1.59. The van der Waals surface area contributed by atoms with Gasteiger partial charge in [0.2, 0.25) is 0 Å². The largest absolute Gasteiger partial charge is 0.497 e. The molecule has 8 heteroatoms. The molecule has 3 aromatic carbocycles. The lowest BCUT2D eigenvalue weighted by Crippen LogP contribution is -2.26. The zero-order valence-electron chi connectivity index (χ0n) is 18.7. The molecule has 0 aliphatic heterocycles. The normalized spacial score (nSPS) is 11.4. The third-order valence-corrected chi connectivity index (χ3v) is 8.48. The molecule has 1 heterocycles. The number of carbonyl (C=O) groups is 1. The number of nitrogens with one attached hydrogen (secondary N) is 1. The molecule has 0 fully saturated rings. The molecular formula is C25H24N2O4S2. The highest BCUT2D eigenvalue weighted by atomic mass is 32.2. The van der Waals surface area contributed by atoms with Gasteiger partial charge in [-0.1, -0.05) is 6.07 Å². The van der Waals surface area contributed by atoms with E-state index in [9.17, 15) is 13.2 Å². The maximum atomic E-state index is 13.1. The molecule has 0 radical (unpaired) electrons. The summed E-state index contributed by atoms with van der Waals surface area (Å²) in [6.07, 6.45) is 0. The standard InChI is InChI=1S/C25H24N2O4S2/c1-16-5-6-19(13-17(16)2)26-25(28)24-15-18-14-20(7-12-23(18)32-24)27(3)33(29,30)22-10-8-21(31-4)9-11-22/h5-15H,1-4H3,(H,26,28). The number of carbonyl (C=O) groups excluding carboxylic acids is 1. The first-order chi connectivity index (χ1) is 15.7. The van der Waals surface area contributed by atoms with Gasteiger partial charge >= 0.3 is 0 Å². The van der Waals surface area contributed by atoms with E-state index < -0.39 is 10.0 Å². The van der Waals surface area contributed by atoms with E-state index in [2.05, 4.69) is 5.32 Å². The molecule has 170 valence electrons. The van der Waals surface area contributed by atoms with E-state index in [-0.39, 0.29) is 10.8 Å². The number of benzene rings is 3. The highest BCUT2D eigenvalue weighted by Gasteiger charge is 2.22. The van der Waals surface area contributed by atoms with Gasteiger partial charge in [0.25, 0.3) is 15.9 Å². The molecule has 0 saturated carbocycles. The molecule has 1 amide bonds. The first kappa shape index (κ1) is 22.8. The Morgan fingerprint density at radius 3 is 2.33 bits per heavy atom. The second kappa shape index (κ2) is 8.88. The third-order valence-electron chi connectivity index (χ3n) is 5.57. The van der Waals surface area contributed by atoms with Crippen LogP contribution in [0.4, 0.5) is 11.4 Å². The Hall–Kier alpha value is -3.36. The summed E-state index contributed by atoms with van der Waals surface area (Å²) < 4.78 is 33.4. The van der Waals surface area contributed by atoms with Crippen LogP contribution in [0.1, 0.15) is 20.8 Å². The van der Waals surface area contributed by atoms with Crippen LogP contribution in [0.5, 0.6) is 5.75 Å². The molecule has 33 heavy (non-hydrogen) atoms. The number of aryl methyl sites for hydroxylation is 2. The monoisotopic (exact) mass is 480 g/mol. The minimum absolute atomic E-state index is 0.171. The number of hydrogen-bond acceptors (Lipinski definition) is 5. The van der Waals surface area contributed by atoms with Gasteiger partial charge in [0.05, 0.1) is 22.6 Å². The van der Waals surface area contributed by atoms with Crippen LogP contribution in [0.3, 0.4) is 0 Å². The van der Waals surface area contributed by atoms with Gasteiger partial charge in [-0.15, -0.1) is 11.3 Å². The molecule has 0 atom stereocenters. The van der Waals surface area contributed by atoms with Crippen molar-refractivity contribution in [3.63, 3.8) is 0 Å². The van der Waals surface area contributed by atoms with E-state index in [4.69, 9.17) is 4.74 Å². The topological polar surface area (TPSA) is 75.7 Å². The van der Waals surface area contributed by atoms with Crippen molar-refractivity contribution in [1.29, 1.82) is 0 Å². The third kappa shape index (κ3) is 4.58. The summed E-state index contributed by atoms with van der Waals surface area (Å²) in [7, 11) is -0.697. The molecule has 0 bridgehead atoms. The van der Waals surface area contributed by atoms with Gasteiger partial charge < -0.3 is 10.1 Å². The zero-order chi connectivity index (χ0) is 23.8. The first-order valence-corrected chi connectivity index (χ1v) is 12.5. The molecule has 0 spiro atoms. The highest BCUT2D eigenvalue weighted by molar-refractivity contribution is 7.92. The number of methoxy groups -OCH3 is 1. The Labute approximate surface area is 197 Å². The van der Waals surface area contributed by atoms with Crippen molar-refractivity contribution in [2.24, 2.45) is 0 Å². The minimum atomic E-state index is -3.74. The maximum absolute atomic E-state index is 13.1. The van der Waals surface area contributed by atoms with Gasteiger partial charge in [0.15, 0.2) is 0 Å². The van der Waals surface area contributed by atoms with Gasteiger partial charge in [-0.05, 0) is 91.0 Å². The fourth-order valence-corrected chi connectivity index (χ4v) is 5.52. The molecule has 0 saturated heterocycles. The number of amides is 1. The van der Waals surface area contributed by atoms with E-state index in [0.717, 1.165) is 26.9 Å². The number of sulfonamides is 1. The SMILES string of the molecule is COc1ccc(S(=O)(=O)N(C)c2ccc3sc(C(=O)Nc4ccc(C)c(C)c4)cc3c2)cc1. The van der Waals surface area contributed by atoms with Crippen LogP contribution in [0.2, 0.25) is 0 Å². The lowest BCUT2D eigenvalue weighted by molar-refractivity contribution is 0.103. The Kier molecular flexibility index (Phi) is 6.14. The summed E-state index contributed by atoms with van der Waals surface area (Å²) in [5.41, 5.74) is 3.52. The molecular weight excluding hydrogens is 456 g/mol. The molecule has 6 nitrogen and oxygen atoms in total. The second-order valence-electron chi connectivity index (χ2n) is 7.73. The molecule has 1 aromatic heterocycles. The van der Waals surface area contributed by atoms with Crippen molar-refractivity contribution < 1.29 is 17.9 Å². The Morgan fingerprint density at radius 1 is 0.939 bits per heavy atom. The summed E-state index contributed by atoms with van der Waals surface area (Å²) in [4.78, 5) is 13.5. The second-order valence-corrected chi connectivity index (χ2v) is 10.8. The predicted octanol–water partition coefficient (Wildman–Crippen LogP) is 5.60. The summed E-state index contributed by atoms with van der Waals surface area (Å²) in [5, 5.41) is 3.74. The quantitative estimate of drug-likeness (QED) is 0.390. The van der Waals surface area contributed by atoms with E-state index >= 15 is 0 Å². The molecule has 0 aliphatic carbocycles. The molecule has 1 N–H and O–H groups in total. The predicted molar refractivity (Wildman–Crippen MR) is 134 cm³/mol. The van der Waals surface area contributed by atoms with Crippen molar-refractivity contribution in [1.82, 2.24) is 0 Å². The fraction of sp³-hybridized carbons (Fsp3) is 0.160. The summed E-state index contributed by atoms with van der Waals surface area (Å²) in [6.45, 7) is 4.03. The van der Waals surface area contributed by atoms with Crippen molar-refractivity contribution >= 4 is 48.7 Å². The van der Waals surface area contributed by atoms with E-state index in [1.165, 1.54) is 41.9 Å². The number of hydrogen-bond donors (Lipinski definition) is 1. The van der Waals surface area contributed by atoms with Crippen molar-refractivity contribution in [2.45, 2.75) is 18.7 Å². The van der Waals surface area contributed by atoms with Crippen LogP contribution in [0.25, 0.3) is 10.1 Å². The number of ether oxygens (including phenoxy) is 1. The first-order valence-electron chi connectivity index (χ1n) is 10.2. The lowest BCUT2D eigenvalue weighted by atomic mass is 10.1. The van der Waals surface area contributed by atoms with Crippen molar-refractivity contribution in [3.05, 3.63) is 82.7 Å². The maximum Gasteiger partial charge on any atom is 0.265 e. The molecule has 4 rings (SSSR count). The fourth-order valence-electron chi connectivity index (χ4n) is 3.39. The van der Waals surface area contributed by atoms with Gasteiger partial charge in [0, 0.05) is 17.4 Å². The smallest absolute Gasteiger partial charge is 0.265 e. The molecule has 0 unspecified atom stereocenters. The van der Waals surface area contributed by atoms with E-state index in [1.807, 2.05) is 38.1 Å². The van der Waals surface area contributed by atoms with E-state index in [1.54, 1.807) is 30.3 Å². The van der Waals surface area contributed by atoms with Crippen LogP contribution in [0, 0.1) is 13.8 Å². The van der Waals surface area contributed by atoms with Gasteiger partial charge in [0.1, 0.15) is 5.75 Å². The average Bonchev–Trinajstić information content (AvgIpc) is 3.24. The number of nitrogens with zero attached hydrogens (tertiary/aromatic N) is 1. The van der Waals surface area contributed by atoms with Gasteiger partial charge in [-0.3, -0.25) is 9.10 Å². The molecule has 4 aromatic rings. The van der Waals surface area contributed by atoms with Crippen LogP contribution in [-0.2, 0) is 10.0 Å².